The number of nitrogens with zero attached hydrogens (tertiary/aromatic N) is 3. The van der Waals surface area contributed by atoms with Crippen LogP contribution in [0.4, 0.5) is 5.69 Å². The second kappa shape index (κ2) is 8.03. The smallest absolute Gasteiger partial charge is 0.262 e. The molecule has 10 heteroatoms. The Bertz CT molecular complexity index is 996. The van der Waals surface area contributed by atoms with Gasteiger partial charge in [-0.25, -0.2) is 13.4 Å². The van der Waals surface area contributed by atoms with Crippen LogP contribution in [0.25, 0.3) is 0 Å². The minimum Gasteiger partial charge on any atom is -0.486 e. The van der Waals surface area contributed by atoms with E-state index in [0.717, 1.165) is 0 Å². The summed E-state index contributed by atoms with van der Waals surface area (Å²) in [7, 11) is -3.63. The molecule has 0 radical (unpaired) electrons. The van der Waals surface area contributed by atoms with Crippen molar-refractivity contribution in [2.24, 2.45) is 5.92 Å². The van der Waals surface area contributed by atoms with Gasteiger partial charge >= 0.3 is 0 Å². The number of benzene rings is 1. The maximum absolute atomic E-state index is 12.7. The molecule has 9 nitrogen and oxygen atoms in total. The summed E-state index contributed by atoms with van der Waals surface area (Å²) in [4.78, 5) is 16.6. The topological polar surface area (TPSA) is 103 Å². The maximum atomic E-state index is 12.7. The number of piperidine rings is 1. The molecule has 2 aliphatic rings. The lowest BCUT2D eigenvalue weighted by Gasteiger charge is -2.30. The number of aryl methyl sites for hydroxylation is 1. The fourth-order valence-corrected chi connectivity index (χ4v) is 4.91. The highest BCUT2D eigenvalue weighted by Gasteiger charge is 2.33. The molecule has 0 bridgehead atoms. The summed E-state index contributed by atoms with van der Waals surface area (Å²) in [6, 6.07) is 5.29. The van der Waals surface area contributed by atoms with E-state index in [1.54, 1.807) is 22.8 Å². The third-order valence-electron chi connectivity index (χ3n) is 5.21. The Labute approximate surface area is 169 Å². The number of amides is 1. The fraction of sp³-hybridized carbons (Fsp3) is 0.474. The zero-order valence-electron chi connectivity index (χ0n) is 16.2. The molecule has 3 heterocycles. The molecule has 1 N–H and O–H groups in total. The SMILES string of the molecule is CCn1cnc(S(=O)(=O)N2CCC(C(=O)Nc3ccc4c(c3)OCCO4)CC2)c1. The van der Waals surface area contributed by atoms with E-state index in [-0.39, 0.29) is 16.9 Å². The number of imidazole rings is 1. The second-order valence-corrected chi connectivity index (χ2v) is 8.95. The van der Waals surface area contributed by atoms with Crippen LogP contribution in [0.3, 0.4) is 0 Å². The molecule has 0 atom stereocenters. The summed E-state index contributed by atoms with van der Waals surface area (Å²) in [6.07, 6.45) is 3.98. The van der Waals surface area contributed by atoms with E-state index in [4.69, 9.17) is 9.47 Å². The van der Waals surface area contributed by atoms with Crippen LogP contribution >= 0.6 is 0 Å². The molecule has 0 unspecified atom stereocenters. The van der Waals surface area contributed by atoms with Gasteiger partial charge in [-0.2, -0.15) is 4.31 Å². The molecule has 4 rings (SSSR count). The van der Waals surface area contributed by atoms with Crippen molar-refractivity contribution in [1.29, 1.82) is 0 Å². The Morgan fingerprint density at radius 2 is 1.93 bits per heavy atom. The molecule has 156 valence electrons. The lowest BCUT2D eigenvalue weighted by atomic mass is 9.97. The second-order valence-electron chi connectivity index (χ2n) is 7.07. The summed E-state index contributed by atoms with van der Waals surface area (Å²) in [5.74, 6) is 0.914. The van der Waals surface area contributed by atoms with Gasteiger partial charge in [0.05, 0.1) is 6.33 Å². The molecule has 1 fully saturated rings. The van der Waals surface area contributed by atoms with E-state index < -0.39 is 10.0 Å². The van der Waals surface area contributed by atoms with Gasteiger partial charge in [0.1, 0.15) is 13.2 Å². The number of rotatable bonds is 5. The van der Waals surface area contributed by atoms with Gasteiger partial charge in [-0.05, 0) is 31.9 Å². The first-order chi connectivity index (χ1) is 14.0. The van der Waals surface area contributed by atoms with Crippen LogP contribution in [0.15, 0.2) is 35.7 Å². The zero-order chi connectivity index (χ0) is 20.4. The minimum absolute atomic E-state index is 0.0542. The van der Waals surface area contributed by atoms with E-state index in [1.807, 2.05) is 6.92 Å². The molecule has 1 amide bonds. The number of ether oxygens (including phenoxy) is 2. The van der Waals surface area contributed by atoms with Crippen molar-refractivity contribution >= 4 is 21.6 Å². The summed E-state index contributed by atoms with van der Waals surface area (Å²) < 4.78 is 39.6. The average molecular weight is 420 g/mol. The number of hydrogen-bond acceptors (Lipinski definition) is 6. The van der Waals surface area contributed by atoms with Gasteiger partial charge in [0.25, 0.3) is 10.0 Å². The molecule has 0 saturated carbocycles. The molecular weight excluding hydrogens is 396 g/mol. The van der Waals surface area contributed by atoms with Crippen LogP contribution in [-0.2, 0) is 21.4 Å². The van der Waals surface area contributed by atoms with Crippen molar-refractivity contribution in [3.05, 3.63) is 30.7 Å². The van der Waals surface area contributed by atoms with Gasteiger partial charge < -0.3 is 19.4 Å². The third kappa shape index (κ3) is 4.08. The Hall–Kier alpha value is -2.59. The van der Waals surface area contributed by atoms with Crippen LogP contribution in [0, 0.1) is 5.92 Å². The number of aromatic nitrogens is 2. The minimum atomic E-state index is -3.63. The van der Waals surface area contributed by atoms with Crippen LogP contribution in [0.1, 0.15) is 19.8 Å². The predicted molar refractivity (Wildman–Crippen MR) is 105 cm³/mol. The molecule has 1 aromatic carbocycles. The quantitative estimate of drug-likeness (QED) is 0.790. The summed E-state index contributed by atoms with van der Waals surface area (Å²) >= 11 is 0. The van der Waals surface area contributed by atoms with Crippen molar-refractivity contribution in [3.8, 4) is 11.5 Å². The van der Waals surface area contributed by atoms with Crippen molar-refractivity contribution < 1.29 is 22.7 Å². The number of anilines is 1. The maximum Gasteiger partial charge on any atom is 0.262 e. The van der Waals surface area contributed by atoms with Crippen molar-refractivity contribution in [1.82, 2.24) is 13.9 Å². The molecule has 1 saturated heterocycles. The largest absolute Gasteiger partial charge is 0.486 e. The average Bonchev–Trinajstić information content (AvgIpc) is 3.24. The van der Waals surface area contributed by atoms with Gasteiger partial charge in [-0.1, -0.05) is 0 Å². The Morgan fingerprint density at radius 3 is 2.62 bits per heavy atom. The molecule has 29 heavy (non-hydrogen) atoms. The lowest BCUT2D eigenvalue weighted by molar-refractivity contribution is -0.120. The molecule has 0 aliphatic carbocycles. The summed E-state index contributed by atoms with van der Waals surface area (Å²) in [6.45, 7) is 4.16. The van der Waals surface area contributed by atoms with E-state index in [9.17, 15) is 13.2 Å². The highest BCUT2D eigenvalue weighted by molar-refractivity contribution is 7.89. The van der Waals surface area contributed by atoms with Gasteiger partial charge in [-0.3, -0.25) is 4.79 Å². The van der Waals surface area contributed by atoms with E-state index >= 15 is 0 Å². The normalized spacial score (nSPS) is 17.8. The first kappa shape index (κ1) is 19.7. The first-order valence-electron chi connectivity index (χ1n) is 9.70. The molecule has 2 aliphatic heterocycles. The Balaban J connectivity index is 1.36. The van der Waals surface area contributed by atoms with Crippen LogP contribution < -0.4 is 14.8 Å². The zero-order valence-corrected chi connectivity index (χ0v) is 17.0. The summed E-state index contributed by atoms with van der Waals surface area (Å²) in [5.41, 5.74) is 0.638. The van der Waals surface area contributed by atoms with Gasteiger partial charge in [0.2, 0.25) is 5.91 Å². The van der Waals surface area contributed by atoms with Crippen molar-refractivity contribution in [3.63, 3.8) is 0 Å². The highest BCUT2D eigenvalue weighted by atomic mass is 32.2. The number of sulfonamides is 1. The monoisotopic (exact) mass is 420 g/mol. The molecule has 2 aromatic rings. The molecule has 1 aromatic heterocycles. The molecule has 0 spiro atoms. The van der Waals surface area contributed by atoms with E-state index in [2.05, 4.69) is 10.3 Å². The number of carbonyl (C=O) groups excluding carboxylic acids is 1. The Morgan fingerprint density at radius 1 is 1.21 bits per heavy atom. The number of hydrogen-bond donors (Lipinski definition) is 1. The number of nitrogens with one attached hydrogen (secondary N) is 1. The number of fused-ring (bicyclic) bond motifs is 1. The standard InChI is InChI=1S/C19H24N4O5S/c1-2-22-12-18(20-13-22)29(25,26)23-7-5-14(6-8-23)19(24)21-15-3-4-16-17(11-15)28-10-9-27-16/h3-4,11-14H,2,5-10H2,1H3,(H,21,24). The fourth-order valence-electron chi connectivity index (χ4n) is 3.50. The highest BCUT2D eigenvalue weighted by Crippen LogP contribution is 2.33. The van der Waals surface area contributed by atoms with Crippen LogP contribution in [0.5, 0.6) is 11.5 Å². The van der Waals surface area contributed by atoms with E-state index in [0.29, 0.717) is 62.9 Å². The van der Waals surface area contributed by atoms with Gasteiger partial charge in [0.15, 0.2) is 16.5 Å². The third-order valence-corrected chi connectivity index (χ3v) is 7.00. The Kier molecular flexibility index (Phi) is 5.46. The predicted octanol–water partition coefficient (Wildman–Crippen LogP) is 1.71. The first-order valence-corrected chi connectivity index (χ1v) is 11.1. The van der Waals surface area contributed by atoms with E-state index in [1.165, 1.54) is 16.8 Å². The summed E-state index contributed by atoms with van der Waals surface area (Å²) in [5, 5.41) is 2.95. The lowest BCUT2D eigenvalue weighted by Crippen LogP contribution is -2.41. The van der Waals surface area contributed by atoms with Gasteiger partial charge in [-0.15, -0.1) is 0 Å². The van der Waals surface area contributed by atoms with Crippen molar-refractivity contribution in [2.75, 3.05) is 31.6 Å². The van der Waals surface area contributed by atoms with Crippen molar-refractivity contribution in [2.45, 2.75) is 31.3 Å². The number of carbonyl (C=O) groups is 1. The molecular formula is C19H24N4O5S. The van der Waals surface area contributed by atoms with Crippen LogP contribution in [0.2, 0.25) is 0 Å². The van der Waals surface area contributed by atoms with Crippen LogP contribution in [-0.4, -0.2) is 54.5 Å². The van der Waals surface area contributed by atoms with Gasteiger partial charge in [0, 0.05) is 43.5 Å².